The van der Waals surface area contributed by atoms with Crippen LogP contribution in [0.15, 0.2) is 36.7 Å². The highest BCUT2D eigenvalue weighted by atomic mass is 19.3. The van der Waals surface area contributed by atoms with Crippen molar-refractivity contribution in [2.75, 3.05) is 24.5 Å². The number of pyridine rings is 1. The zero-order valence-electron chi connectivity index (χ0n) is 13.8. The Kier molecular flexibility index (Phi) is 4.19. The highest BCUT2D eigenvalue weighted by molar-refractivity contribution is 5.77. The largest absolute Gasteiger partial charge is 0.354 e. The van der Waals surface area contributed by atoms with Crippen LogP contribution in [0.3, 0.4) is 0 Å². The quantitative estimate of drug-likeness (QED) is 0.776. The molecule has 4 heterocycles. The maximum Gasteiger partial charge on any atom is 0.282 e. The van der Waals surface area contributed by atoms with Gasteiger partial charge in [-0.25, -0.2) is 23.3 Å². The van der Waals surface area contributed by atoms with Crippen molar-refractivity contribution >= 4 is 17.4 Å². The molecule has 1 aliphatic rings. The van der Waals surface area contributed by atoms with Gasteiger partial charge in [-0.05, 0) is 24.3 Å². The van der Waals surface area contributed by atoms with Crippen molar-refractivity contribution in [1.29, 1.82) is 0 Å². The second-order valence-corrected chi connectivity index (χ2v) is 5.96. The molecule has 0 saturated carbocycles. The molecule has 4 rings (SSSR count). The van der Waals surface area contributed by atoms with Crippen molar-refractivity contribution in [1.82, 2.24) is 24.9 Å². The summed E-state index contributed by atoms with van der Waals surface area (Å²) in [5, 5.41) is 6.82. The number of nitrogens with zero attached hydrogens (tertiary/aromatic N) is 5. The van der Waals surface area contributed by atoms with E-state index in [2.05, 4.69) is 20.4 Å². The van der Waals surface area contributed by atoms with Gasteiger partial charge in [0.15, 0.2) is 5.65 Å². The molecule has 1 amide bonds. The minimum absolute atomic E-state index is 0.0224. The average Bonchev–Trinajstić information content (AvgIpc) is 2.95. The molecule has 3 aromatic heterocycles. The molecular weight excluding hydrogens is 342 g/mol. The van der Waals surface area contributed by atoms with Gasteiger partial charge in [0.25, 0.3) is 6.43 Å². The number of hydrogen-bond acceptors (Lipinski definition) is 5. The van der Waals surface area contributed by atoms with Gasteiger partial charge in [0.1, 0.15) is 11.5 Å². The molecule has 0 spiro atoms. The first-order chi connectivity index (χ1) is 12.6. The molecule has 0 unspecified atom stereocenters. The molecule has 9 heteroatoms. The van der Waals surface area contributed by atoms with Gasteiger partial charge >= 0.3 is 0 Å². The summed E-state index contributed by atoms with van der Waals surface area (Å²) in [6.07, 6.45) is 1.01. The number of imidazole rings is 1. The lowest BCUT2D eigenvalue weighted by Crippen LogP contribution is -2.28. The number of halogens is 2. The Hall–Kier alpha value is -3.10. The summed E-state index contributed by atoms with van der Waals surface area (Å²) in [5.41, 5.74) is 1.57. The SMILES string of the molecule is O=C1CCN(c2cc(-c3cnc4ccc(C(F)F)nn34)ccn2)CCN1. The molecule has 1 N–H and O–H groups in total. The normalized spacial score (nSPS) is 15.3. The number of rotatable bonds is 3. The number of aromatic nitrogens is 4. The van der Waals surface area contributed by atoms with Gasteiger partial charge < -0.3 is 10.2 Å². The van der Waals surface area contributed by atoms with Gasteiger partial charge in [0, 0.05) is 37.8 Å². The highest BCUT2D eigenvalue weighted by Gasteiger charge is 2.17. The number of hydrogen-bond donors (Lipinski definition) is 1. The predicted molar refractivity (Wildman–Crippen MR) is 91.0 cm³/mol. The van der Waals surface area contributed by atoms with Crippen LogP contribution < -0.4 is 10.2 Å². The third-order valence-electron chi connectivity index (χ3n) is 4.28. The fraction of sp³-hybridized carbons (Fsp3) is 0.294. The van der Waals surface area contributed by atoms with Crippen molar-refractivity contribution in [2.24, 2.45) is 0 Å². The van der Waals surface area contributed by atoms with Gasteiger partial charge in [0.05, 0.1) is 11.9 Å². The molecule has 3 aromatic rings. The fourth-order valence-electron chi connectivity index (χ4n) is 2.95. The second-order valence-electron chi connectivity index (χ2n) is 5.96. The van der Waals surface area contributed by atoms with Crippen LogP contribution in [0.4, 0.5) is 14.6 Å². The van der Waals surface area contributed by atoms with E-state index < -0.39 is 6.43 Å². The number of amides is 1. The Morgan fingerprint density at radius 1 is 1.15 bits per heavy atom. The molecule has 1 fully saturated rings. The van der Waals surface area contributed by atoms with Crippen LogP contribution in [0, 0.1) is 0 Å². The molecule has 0 radical (unpaired) electrons. The van der Waals surface area contributed by atoms with Crippen LogP contribution in [0.25, 0.3) is 16.9 Å². The number of carbonyl (C=O) groups is 1. The van der Waals surface area contributed by atoms with Crippen LogP contribution >= 0.6 is 0 Å². The van der Waals surface area contributed by atoms with Crippen molar-refractivity contribution in [2.45, 2.75) is 12.8 Å². The Labute approximate surface area is 147 Å². The lowest BCUT2D eigenvalue weighted by molar-refractivity contribution is -0.120. The lowest BCUT2D eigenvalue weighted by Gasteiger charge is -2.20. The Morgan fingerprint density at radius 2 is 2.04 bits per heavy atom. The summed E-state index contributed by atoms with van der Waals surface area (Å²) in [6, 6.07) is 6.43. The van der Waals surface area contributed by atoms with Gasteiger partial charge in [-0.15, -0.1) is 0 Å². The van der Waals surface area contributed by atoms with Crippen LogP contribution in [-0.4, -0.2) is 45.1 Å². The molecule has 0 atom stereocenters. The zero-order chi connectivity index (χ0) is 18.1. The van der Waals surface area contributed by atoms with Crippen molar-refractivity contribution in [3.05, 3.63) is 42.4 Å². The fourth-order valence-corrected chi connectivity index (χ4v) is 2.95. The standard InChI is InChI=1S/C17H16F2N6O/c18-17(19)12-1-2-14-22-10-13(25(14)23-12)11-3-5-20-15(9-11)24-7-4-16(26)21-6-8-24/h1-3,5,9-10,17H,4,6-8H2,(H,21,26). The number of fused-ring (bicyclic) bond motifs is 1. The van der Waals surface area contributed by atoms with Crippen molar-refractivity contribution in [3.8, 4) is 11.3 Å². The monoisotopic (exact) mass is 358 g/mol. The van der Waals surface area contributed by atoms with Crippen LogP contribution in [0.1, 0.15) is 18.5 Å². The van der Waals surface area contributed by atoms with Crippen molar-refractivity contribution < 1.29 is 13.6 Å². The smallest absolute Gasteiger partial charge is 0.282 e. The van der Waals surface area contributed by atoms with Crippen LogP contribution in [0.2, 0.25) is 0 Å². The molecule has 1 saturated heterocycles. The summed E-state index contributed by atoms with van der Waals surface area (Å²) < 4.78 is 27.3. The summed E-state index contributed by atoms with van der Waals surface area (Å²) in [5.74, 6) is 0.744. The first-order valence-corrected chi connectivity index (χ1v) is 8.23. The topological polar surface area (TPSA) is 75.4 Å². The van der Waals surface area contributed by atoms with E-state index in [-0.39, 0.29) is 11.6 Å². The van der Waals surface area contributed by atoms with Crippen LogP contribution in [0.5, 0.6) is 0 Å². The lowest BCUT2D eigenvalue weighted by atomic mass is 10.2. The van der Waals surface area contributed by atoms with Gasteiger partial charge in [-0.2, -0.15) is 5.10 Å². The molecule has 26 heavy (non-hydrogen) atoms. The van der Waals surface area contributed by atoms with E-state index in [1.165, 1.54) is 16.6 Å². The molecule has 1 aliphatic heterocycles. The second kappa shape index (κ2) is 6.66. The average molecular weight is 358 g/mol. The summed E-state index contributed by atoms with van der Waals surface area (Å²) in [6.45, 7) is 1.78. The van der Waals surface area contributed by atoms with E-state index >= 15 is 0 Å². The number of nitrogens with one attached hydrogen (secondary N) is 1. The van der Waals surface area contributed by atoms with Gasteiger partial charge in [0.2, 0.25) is 5.91 Å². The summed E-state index contributed by atoms with van der Waals surface area (Å²) in [4.78, 5) is 22.1. The number of alkyl halides is 2. The van der Waals surface area contributed by atoms with E-state index in [1.54, 1.807) is 18.5 Å². The van der Waals surface area contributed by atoms with E-state index in [4.69, 9.17) is 0 Å². The minimum Gasteiger partial charge on any atom is -0.354 e. The van der Waals surface area contributed by atoms with E-state index in [0.29, 0.717) is 37.4 Å². The highest BCUT2D eigenvalue weighted by Crippen LogP contribution is 2.25. The summed E-state index contributed by atoms with van der Waals surface area (Å²) in [7, 11) is 0. The summed E-state index contributed by atoms with van der Waals surface area (Å²) >= 11 is 0. The first-order valence-electron chi connectivity index (χ1n) is 8.23. The van der Waals surface area contributed by atoms with Gasteiger partial charge in [-0.1, -0.05) is 0 Å². The molecule has 0 aliphatic carbocycles. The number of anilines is 1. The van der Waals surface area contributed by atoms with E-state index in [1.807, 2.05) is 11.0 Å². The first kappa shape index (κ1) is 16.4. The molecule has 7 nitrogen and oxygen atoms in total. The Balaban J connectivity index is 1.71. The third-order valence-corrected chi connectivity index (χ3v) is 4.28. The maximum absolute atomic E-state index is 13.0. The number of carbonyl (C=O) groups excluding carboxylic acids is 1. The Morgan fingerprint density at radius 3 is 2.88 bits per heavy atom. The van der Waals surface area contributed by atoms with E-state index in [0.717, 1.165) is 11.4 Å². The van der Waals surface area contributed by atoms with Gasteiger partial charge in [-0.3, -0.25) is 4.79 Å². The van der Waals surface area contributed by atoms with Crippen molar-refractivity contribution in [3.63, 3.8) is 0 Å². The third kappa shape index (κ3) is 3.07. The Bertz CT molecular complexity index is 957. The molecule has 134 valence electrons. The molecule has 0 bridgehead atoms. The maximum atomic E-state index is 13.0. The van der Waals surface area contributed by atoms with E-state index in [9.17, 15) is 13.6 Å². The predicted octanol–water partition coefficient (Wildman–Crippen LogP) is 2.06. The minimum atomic E-state index is -2.65. The zero-order valence-corrected chi connectivity index (χ0v) is 13.8. The molecular formula is C17H16F2N6O. The molecule has 0 aromatic carbocycles. The van der Waals surface area contributed by atoms with Crippen LogP contribution in [-0.2, 0) is 4.79 Å².